The molecule has 1 aromatic heterocycles. The van der Waals surface area contributed by atoms with Gasteiger partial charge >= 0.3 is 0 Å². The second-order valence-electron chi connectivity index (χ2n) is 6.23. The Kier molecular flexibility index (Phi) is 5.61. The monoisotopic (exact) mass is 364 g/mol. The van der Waals surface area contributed by atoms with E-state index >= 15 is 0 Å². The highest BCUT2D eigenvalue weighted by Crippen LogP contribution is 2.30. The Balaban J connectivity index is 1.73. The summed E-state index contributed by atoms with van der Waals surface area (Å²) in [6, 6.07) is 7.29. The zero-order chi connectivity index (χ0) is 19.2. The largest absolute Gasteiger partial charge is 0.375 e. The van der Waals surface area contributed by atoms with Crippen LogP contribution in [-0.4, -0.2) is 34.9 Å². The molecule has 1 fully saturated rings. The molecule has 1 aliphatic rings. The molecule has 2 aromatic rings. The first-order valence-electron chi connectivity index (χ1n) is 8.78. The fourth-order valence-corrected chi connectivity index (χ4v) is 2.50. The topological polar surface area (TPSA) is 120 Å². The fraction of sp³-hybridized carbons (Fsp3) is 0.316. The third-order valence-electron chi connectivity index (χ3n) is 4.10. The zero-order valence-electron chi connectivity index (χ0n) is 15.0. The molecule has 3 rings (SSSR count). The van der Waals surface area contributed by atoms with E-state index in [2.05, 4.69) is 32.0 Å². The lowest BCUT2D eigenvalue weighted by atomic mass is 10.1. The maximum Gasteiger partial charge on any atom is 0.239 e. The van der Waals surface area contributed by atoms with Crippen LogP contribution in [0.3, 0.4) is 0 Å². The number of nitrogens with zero attached hydrogens (tertiary/aromatic N) is 3. The van der Waals surface area contributed by atoms with Gasteiger partial charge in [-0.2, -0.15) is 5.26 Å². The lowest BCUT2D eigenvalue weighted by molar-refractivity contribution is -0.119. The molecule has 8 heteroatoms. The summed E-state index contributed by atoms with van der Waals surface area (Å²) in [6.07, 6.45) is 4.93. The molecule has 0 unspecified atom stereocenters. The molecule has 0 radical (unpaired) electrons. The number of amides is 2. The first-order valence-corrected chi connectivity index (χ1v) is 8.78. The van der Waals surface area contributed by atoms with Crippen molar-refractivity contribution in [3.05, 3.63) is 36.2 Å². The van der Waals surface area contributed by atoms with Crippen LogP contribution in [0.4, 0.5) is 11.5 Å². The van der Waals surface area contributed by atoms with E-state index in [4.69, 9.17) is 0 Å². The van der Waals surface area contributed by atoms with Gasteiger partial charge in [-0.25, -0.2) is 4.98 Å². The molecule has 1 heterocycles. The van der Waals surface area contributed by atoms with Crippen LogP contribution in [0.2, 0.25) is 0 Å². The van der Waals surface area contributed by atoms with Crippen molar-refractivity contribution in [1.29, 1.82) is 5.26 Å². The van der Waals surface area contributed by atoms with E-state index < -0.39 is 0 Å². The van der Waals surface area contributed by atoms with E-state index in [1.54, 1.807) is 24.4 Å². The van der Waals surface area contributed by atoms with Gasteiger partial charge in [-0.1, -0.05) is 6.07 Å². The molecule has 0 atom stereocenters. The molecule has 0 saturated heterocycles. The highest BCUT2D eigenvalue weighted by atomic mass is 16.2. The van der Waals surface area contributed by atoms with Gasteiger partial charge in [-0.05, 0) is 31.9 Å². The molecule has 0 spiro atoms. The van der Waals surface area contributed by atoms with Crippen LogP contribution in [-0.2, 0) is 9.59 Å². The third kappa shape index (κ3) is 4.79. The Morgan fingerprint density at radius 3 is 2.70 bits per heavy atom. The average Bonchev–Trinajstić information content (AvgIpc) is 3.52. The molecule has 1 aliphatic carbocycles. The molecule has 1 aromatic carbocycles. The maximum absolute atomic E-state index is 11.8. The molecule has 0 aliphatic heterocycles. The number of rotatable bonds is 7. The van der Waals surface area contributed by atoms with Crippen molar-refractivity contribution in [3.63, 3.8) is 0 Å². The Labute approximate surface area is 157 Å². The van der Waals surface area contributed by atoms with Crippen molar-refractivity contribution in [2.75, 3.05) is 23.7 Å². The quantitative estimate of drug-likeness (QED) is 0.690. The molecule has 1 saturated carbocycles. The van der Waals surface area contributed by atoms with Crippen LogP contribution in [0.15, 0.2) is 30.6 Å². The van der Waals surface area contributed by atoms with Gasteiger partial charge in [0.05, 0.1) is 35.9 Å². The maximum atomic E-state index is 11.8. The molecule has 138 valence electrons. The lowest BCUT2D eigenvalue weighted by Crippen LogP contribution is -2.29. The second-order valence-corrected chi connectivity index (χ2v) is 6.23. The normalized spacial score (nSPS) is 12.7. The molecule has 8 nitrogen and oxygen atoms in total. The van der Waals surface area contributed by atoms with Gasteiger partial charge in [0.25, 0.3) is 0 Å². The summed E-state index contributed by atoms with van der Waals surface area (Å²) in [5, 5.41) is 17.7. The van der Waals surface area contributed by atoms with E-state index in [0.717, 1.165) is 18.4 Å². The summed E-state index contributed by atoms with van der Waals surface area (Å²) in [7, 11) is 0. The van der Waals surface area contributed by atoms with Gasteiger partial charge < -0.3 is 16.0 Å². The van der Waals surface area contributed by atoms with E-state index in [1.807, 2.05) is 6.92 Å². The summed E-state index contributed by atoms with van der Waals surface area (Å²) in [5.74, 6) is 0.344. The fourth-order valence-electron chi connectivity index (χ4n) is 2.50. The minimum Gasteiger partial charge on any atom is -0.375 e. The Bertz CT molecular complexity index is 884. The number of benzene rings is 1. The van der Waals surface area contributed by atoms with Gasteiger partial charge in [-0.3, -0.25) is 14.6 Å². The summed E-state index contributed by atoms with van der Waals surface area (Å²) >= 11 is 0. The van der Waals surface area contributed by atoms with Crippen LogP contribution in [0.1, 0.15) is 25.3 Å². The molecule has 0 bridgehead atoms. The van der Waals surface area contributed by atoms with E-state index in [1.165, 1.54) is 6.20 Å². The van der Waals surface area contributed by atoms with Crippen LogP contribution < -0.4 is 16.0 Å². The van der Waals surface area contributed by atoms with Crippen LogP contribution in [0.25, 0.3) is 11.3 Å². The van der Waals surface area contributed by atoms with Crippen molar-refractivity contribution in [2.45, 2.75) is 19.8 Å². The number of anilines is 2. The minimum absolute atomic E-state index is 0.0211. The number of carbonyl (C=O) groups is 2. The van der Waals surface area contributed by atoms with Crippen molar-refractivity contribution in [3.8, 4) is 17.3 Å². The standard InChI is InChI=1S/C19H20N6O2/c1-2-21-18(26)11-23-15-7-13(5-6-14(15)8-20)16-9-24-17(10-22-16)25-19(27)12-3-4-12/h5-7,9-10,12,23H,2-4,11H2,1H3,(H,21,26)(H,24,25,27). The SMILES string of the molecule is CCNC(=O)CNc1cc(-c2cnc(NC(=O)C3CC3)cn2)ccc1C#N. The minimum atomic E-state index is -0.151. The number of hydrogen-bond acceptors (Lipinski definition) is 6. The first-order chi connectivity index (χ1) is 13.1. The predicted molar refractivity (Wildman–Crippen MR) is 101 cm³/mol. The van der Waals surface area contributed by atoms with Gasteiger partial charge in [0.1, 0.15) is 6.07 Å². The summed E-state index contributed by atoms with van der Waals surface area (Å²) in [4.78, 5) is 32.0. The van der Waals surface area contributed by atoms with E-state index in [-0.39, 0.29) is 24.3 Å². The number of nitrogens with one attached hydrogen (secondary N) is 3. The first kappa shape index (κ1) is 18.3. The van der Waals surface area contributed by atoms with Crippen molar-refractivity contribution >= 4 is 23.3 Å². The number of carbonyl (C=O) groups excluding carboxylic acids is 2. The number of hydrogen-bond donors (Lipinski definition) is 3. The van der Waals surface area contributed by atoms with Gasteiger partial charge in [0.15, 0.2) is 5.82 Å². The Hall–Kier alpha value is -3.47. The lowest BCUT2D eigenvalue weighted by Gasteiger charge is -2.10. The van der Waals surface area contributed by atoms with Crippen molar-refractivity contribution in [2.24, 2.45) is 5.92 Å². The molecular weight excluding hydrogens is 344 g/mol. The molecule has 3 N–H and O–H groups in total. The molecule has 2 amide bonds. The van der Waals surface area contributed by atoms with Crippen LogP contribution in [0.5, 0.6) is 0 Å². The van der Waals surface area contributed by atoms with Gasteiger partial charge in [0.2, 0.25) is 11.8 Å². The summed E-state index contributed by atoms with van der Waals surface area (Å²) in [6.45, 7) is 2.46. The second kappa shape index (κ2) is 8.27. The summed E-state index contributed by atoms with van der Waals surface area (Å²) in [5.41, 5.74) is 2.34. The number of nitriles is 1. The van der Waals surface area contributed by atoms with Crippen molar-refractivity contribution < 1.29 is 9.59 Å². The Morgan fingerprint density at radius 1 is 1.26 bits per heavy atom. The van der Waals surface area contributed by atoms with Crippen molar-refractivity contribution in [1.82, 2.24) is 15.3 Å². The molecule has 27 heavy (non-hydrogen) atoms. The molecular formula is C19H20N6O2. The Morgan fingerprint density at radius 2 is 2.07 bits per heavy atom. The highest BCUT2D eigenvalue weighted by Gasteiger charge is 2.29. The third-order valence-corrected chi connectivity index (χ3v) is 4.10. The number of likely N-dealkylation sites (N-methyl/N-ethyl adjacent to an activating group) is 1. The smallest absolute Gasteiger partial charge is 0.239 e. The summed E-state index contributed by atoms with van der Waals surface area (Å²) < 4.78 is 0. The highest BCUT2D eigenvalue weighted by molar-refractivity contribution is 5.93. The van der Waals surface area contributed by atoms with Gasteiger partial charge in [0, 0.05) is 18.0 Å². The average molecular weight is 364 g/mol. The van der Waals surface area contributed by atoms with E-state index in [0.29, 0.717) is 29.3 Å². The predicted octanol–water partition coefficient (Wildman–Crippen LogP) is 1.91. The van der Waals surface area contributed by atoms with Crippen LogP contribution in [0, 0.1) is 17.2 Å². The van der Waals surface area contributed by atoms with E-state index in [9.17, 15) is 14.9 Å². The number of aromatic nitrogens is 2. The van der Waals surface area contributed by atoms with Crippen LogP contribution >= 0.6 is 0 Å². The zero-order valence-corrected chi connectivity index (χ0v) is 15.0. The van der Waals surface area contributed by atoms with Gasteiger partial charge in [-0.15, -0.1) is 0 Å².